The molecule has 6 nitrogen and oxygen atoms in total. The highest BCUT2D eigenvalue weighted by Crippen LogP contribution is 2.36. The highest BCUT2D eigenvalue weighted by molar-refractivity contribution is 7.99. The van der Waals surface area contributed by atoms with Crippen LogP contribution in [0.5, 0.6) is 0 Å². The summed E-state index contributed by atoms with van der Waals surface area (Å²) in [7, 11) is 3.10. The normalized spacial score (nSPS) is 12.2. The summed E-state index contributed by atoms with van der Waals surface area (Å²) in [5.41, 5.74) is 1.51. The molecule has 0 amide bonds. The number of aryl methyl sites for hydroxylation is 1. The third-order valence-corrected chi connectivity index (χ3v) is 6.00. The van der Waals surface area contributed by atoms with Crippen molar-refractivity contribution in [2.75, 3.05) is 0 Å². The summed E-state index contributed by atoms with van der Waals surface area (Å²) >= 11 is 1.49. The van der Waals surface area contributed by atoms with Crippen molar-refractivity contribution in [2.24, 2.45) is 14.1 Å². The molecule has 4 rings (SSSR count). The number of hydrogen-bond acceptors (Lipinski definition) is 5. The van der Waals surface area contributed by atoms with Gasteiger partial charge in [-0.15, -0.1) is 0 Å². The first-order valence-corrected chi connectivity index (χ1v) is 10.1. The average Bonchev–Trinajstić information content (AvgIpc) is 2.77. The van der Waals surface area contributed by atoms with Gasteiger partial charge in [0.05, 0.1) is 0 Å². The van der Waals surface area contributed by atoms with Crippen LogP contribution in [0.2, 0.25) is 0 Å². The maximum absolute atomic E-state index is 12.9. The van der Waals surface area contributed by atoms with Crippen LogP contribution in [0.3, 0.4) is 0 Å². The SMILES string of the molecule is C[C@H](Sc1nc(-c2ccccc2)nc2c1c(=O)n(C)c(=O)n2C)c1ccccc1. The Hall–Kier alpha value is -3.19. The molecule has 0 saturated carbocycles. The molecule has 0 N–H and O–H groups in total. The monoisotopic (exact) mass is 404 g/mol. The molecule has 2 aromatic heterocycles. The van der Waals surface area contributed by atoms with Gasteiger partial charge in [-0.05, 0) is 12.5 Å². The van der Waals surface area contributed by atoms with Crippen molar-refractivity contribution in [1.82, 2.24) is 19.1 Å². The van der Waals surface area contributed by atoms with E-state index in [-0.39, 0.29) is 10.8 Å². The fourth-order valence-electron chi connectivity index (χ4n) is 3.19. The maximum Gasteiger partial charge on any atom is 0.332 e. The van der Waals surface area contributed by atoms with Gasteiger partial charge in [-0.3, -0.25) is 13.9 Å². The van der Waals surface area contributed by atoms with Crippen LogP contribution in [-0.2, 0) is 14.1 Å². The largest absolute Gasteiger partial charge is 0.332 e. The molecule has 1 atom stereocenters. The fraction of sp³-hybridized carbons (Fsp3) is 0.182. The van der Waals surface area contributed by atoms with Crippen molar-refractivity contribution in [3.63, 3.8) is 0 Å². The second-order valence-corrected chi connectivity index (χ2v) is 8.12. The molecule has 2 heterocycles. The van der Waals surface area contributed by atoms with Gasteiger partial charge >= 0.3 is 5.69 Å². The topological polar surface area (TPSA) is 69.8 Å². The van der Waals surface area contributed by atoms with Gasteiger partial charge in [0.25, 0.3) is 5.56 Å². The molecule has 0 aliphatic carbocycles. The lowest BCUT2D eigenvalue weighted by atomic mass is 10.2. The zero-order valence-corrected chi connectivity index (χ0v) is 17.2. The van der Waals surface area contributed by atoms with Crippen molar-refractivity contribution in [3.8, 4) is 11.4 Å². The number of aromatic nitrogens is 4. The van der Waals surface area contributed by atoms with Crippen molar-refractivity contribution >= 4 is 22.8 Å². The third-order valence-electron chi connectivity index (χ3n) is 4.86. The van der Waals surface area contributed by atoms with Gasteiger partial charge in [0.15, 0.2) is 11.5 Å². The van der Waals surface area contributed by atoms with Crippen LogP contribution in [0.25, 0.3) is 22.4 Å². The van der Waals surface area contributed by atoms with Crippen LogP contribution in [0.1, 0.15) is 17.7 Å². The van der Waals surface area contributed by atoms with Gasteiger partial charge in [-0.1, -0.05) is 72.4 Å². The Morgan fingerprint density at radius 1 is 0.862 bits per heavy atom. The molecule has 0 unspecified atom stereocenters. The molecule has 0 aliphatic rings. The van der Waals surface area contributed by atoms with E-state index in [9.17, 15) is 9.59 Å². The summed E-state index contributed by atoms with van der Waals surface area (Å²) in [5.74, 6) is 0.490. The first kappa shape index (κ1) is 19.1. The summed E-state index contributed by atoms with van der Waals surface area (Å²) in [6.45, 7) is 2.07. The van der Waals surface area contributed by atoms with Crippen LogP contribution < -0.4 is 11.2 Å². The van der Waals surface area contributed by atoms with Crippen molar-refractivity contribution < 1.29 is 0 Å². The van der Waals surface area contributed by atoms with Gasteiger partial charge < -0.3 is 0 Å². The van der Waals surface area contributed by atoms with Crippen LogP contribution in [0.4, 0.5) is 0 Å². The molecule has 7 heteroatoms. The molecule has 146 valence electrons. The minimum Gasteiger partial charge on any atom is -0.280 e. The summed E-state index contributed by atoms with van der Waals surface area (Å²) < 4.78 is 2.51. The molecule has 0 spiro atoms. The average molecular weight is 404 g/mol. The molecular weight excluding hydrogens is 384 g/mol. The van der Waals surface area contributed by atoms with Crippen molar-refractivity contribution in [2.45, 2.75) is 17.2 Å². The first-order chi connectivity index (χ1) is 14.0. The van der Waals surface area contributed by atoms with Gasteiger partial charge in [0.2, 0.25) is 0 Å². The summed E-state index contributed by atoms with van der Waals surface area (Å²) in [4.78, 5) is 34.7. The third kappa shape index (κ3) is 3.49. The lowest BCUT2D eigenvalue weighted by molar-refractivity contribution is 0.703. The molecule has 0 aliphatic heterocycles. The number of hydrogen-bond donors (Lipinski definition) is 0. The Balaban J connectivity index is 1.98. The van der Waals surface area contributed by atoms with Crippen molar-refractivity contribution in [3.05, 3.63) is 87.1 Å². The number of thioether (sulfide) groups is 1. The maximum atomic E-state index is 12.9. The lowest BCUT2D eigenvalue weighted by Gasteiger charge is -2.15. The highest BCUT2D eigenvalue weighted by Gasteiger charge is 2.20. The Morgan fingerprint density at radius 3 is 2.14 bits per heavy atom. The standard InChI is InChI=1S/C22H20N4O2S/c1-14(15-10-6-4-7-11-15)29-20-17-19(25(2)22(28)26(3)21(17)27)23-18(24-20)16-12-8-5-9-13-16/h4-14H,1-3H3/t14-/m0/s1. The van der Waals surface area contributed by atoms with E-state index in [1.165, 1.54) is 23.4 Å². The minimum absolute atomic E-state index is 0.0693. The summed E-state index contributed by atoms with van der Waals surface area (Å²) in [6, 6.07) is 19.6. The van der Waals surface area contributed by atoms with E-state index in [2.05, 4.69) is 11.9 Å². The predicted molar refractivity (Wildman–Crippen MR) is 116 cm³/mol. The van der Waals surface area contributed by atoms with Crippen LogP contribution in [0.15, 0.2) is 75.3 Å². The Morgan fingerprint density at radius 2 is 1.48 bits per heavy atom. The molecule has 4 aromatic rings. The second-order valence-electron chi connectivity index (χ2n) is 6.79. The van der Waals surface area contributed by atoms with E-state index in [1.807, 2.05) is 60.7 Å². The van der Waals surface area contributed by atoms with E-state index < -0.39 is 5.69 Å². The van der Waals surface area contributed by atoms with E-state index >= 15 is 0 Å². The van der Waals surface area contributed by atoms with Gasteiger partial charge in [0, 0.05) is 24.9 Å². The fourth-order valence-corrected chi connectivity index (χ4v) is 4.25. The number of nitrogens with zero attached hydrogens (tertiary/aromatic N) is 4. The van der Waals surface area contributed by atoms with E-state index in [4.69, 9.17) is 4.98 Å². The highest BCUT2D eigenvalue weighted by atomic mass is 32.2. The number of benzene rings is 2. The summed E-state index contributed by atoms with van der Waals surface area (Å²) in [6.07, 6.45) is 0. The second kappa shape index (κ2) is 7.67. The van der Waals surface area contributed by atoms with Gasteiger partial charge in [-0.2, -0.15) is 0 Å². The molecule has 0 bridgehead atoms. The molecule has 0 saturated heterocycles. The zero-order valence-electron chi connectivity index (χ0n) is 16.4. The number of rotatable bonds is 4. The zero-order chi connectivity index (χ0) is 20.5. The van der Waals surface area contributed by atoms with E-state index in [0.29, 0.717) is 21.9 Å². The molecule has 0 radical (unpaired) electrons. The Kier molecular flexibility index (Phi) is 5.07. The minimum atomic E-state index is -0.410. The van der Waals surface area contributed by atoms with E-state index in [0.717, 1.165) is 15.7 Å². The molecule has 2 aromatic carbocycles. The van der Waals surface area contributed by atoms with Crippen LogP contribution >= 0.6 is 11.8 Å². The first-order valence-electron chi connectivity index (χ1n) is 9.22. The number of fused-ring (bicyclic) bond motifs is 1. The molecule has 0 fully saturated rings. The molecular formula is C22H20N4O2S. The Bertz CT molecular complexity index is 1300. The predicted octanol–water partition coefficient (Wildman–Crippen LogP) is 3.55. The van der Waals surface area contributed by atoms with Crippen LogP contribution in [-0.4, -0.2) is 19.1 Å². The Labute approximate surface area is 171 Å². The van der Waals surface area contributed by atoms with E-state index in [1.54, 1.807) is 7.05 Å². The smallest absolute Gasteiger partial charge is 0.280 e. The van der Waals surface area contributed by atoms with Gasteiger partial charge in [0.1, 0.15) is 10.4 Å². The molecule has 29 heavy (non-hydrogen) atoms. The lowest BCUT2D eigenvalue weighted by Crippen LogP contribution is -2.37. The van der Waals surface area contributed by atoms with Crippen LogP contribution in [0, 0.1) is 0 Å². The van der Waals surface area contributed by atoms with Crippen molar-refractivity contribution in [1.29, 1.82) is 0 Å². The quantitative estimate of drug-likeness (QED) is 0.384. The van der Waals surface area contributed by atoms with Gasteiger partial charge in [-0.25, -0.2) is 14.8 Å². The summed E-state index contributed by atoms with van der Waals surface area (Å²) in [5, 5.41) is 1.00.